The molecule has 1 saturated heterocycles. The summed E-state index contributed by atoms with van der Waals surface area (Å²) in [5, 5.41) is 0.974. The summed E-state index contributed by atoms with van der Waals surface area (Å²) in [5.74, 6) is 0.238. The first-order valence-corrected chi connectivity index (χ1v) is 15.3. The number of benzene rings is 2. The van der Waals surface area contributed by atoms with E-state index in [1.807, 2.05) is 19.0 Å². The Morgan fingerprint density at radius 1 is 1.05 bits per heavy atom. The summed E-state index contributed by atoms with van der Waals surface area (Å²) in [6.07, 6.45) is -0.449. The monoisotopic (exact) mass is 609 g/mol. The van der Waals surface area contributed by atoms with E-state index in [0.29, 0.717) is 44.8 Å². The van der Waals surface area contributed by atoms with E-state index in [1.54, 1.807) is 31.1 Å². The first-order valence-electron chi connectivity index (χ1n) is 12.7. The summed E-state index contributed by atoms with van der Waals surface area (Å²) in [6.45, 7) is 3.72. The van der Waals surface area contributed by atoms with Gasteiger partial charge in [-0.3, -0.25) is 9.69 Å². The molecule has 216 valence electrons. The number of amides is 2. The van der Waals surface area contributed by atoms with E-state index >= 15 is 0 Å². The molecule has 0 saturated carbocycles. The number of piperazine rings is 1. The van der Waals surface area contributed by atoms with Crippen molar-refractivity contribution in [1.82, 2.24) is 19.1 Å². The average Bonchev–Trinajstić information content (AvgIpc) is 3.39. The van der Waals surface area contributed by atoms with Crippen LogP contribution in [0.4, 0.5) is 9.93 Å². The molecule has 1 aliphatic rings. The summed E-state index contributed by atoms with van der Waals surface area (Å²) in [6, 6.07) is 9.34. The molecule has 4 rings (SSSR count). The van der Waals surface area contributed by atoms with E-state index in [0.717, 1.165) is 0 Å². The largest absolute Gasteiger partial charge is 0.494 e. The zero-order chi connectivity index (χ0) is 29.0. The quantitative estimate of drug-likeness (QED) is 0.362. The van der Waals surface area contributed by atoms with Gasteiger partial charge in [-0.25, -0.2) is 18.2 Å². The number of sulfonamides is 1. The standard InChI is InChI=1S/C26H32ClN5O6S2/c1-5-38-26(34)30-13-15-31(16-14-30)40(35,36)19-8-6-18(7-9-19)24(33)32(17-12-29(2)3)25-28-22-21(37-4)11-10-20(27)23(22)39-25/h6-11H,5,12-17H2,1-4H3. The topological polar surface area (TPSA) is 113 Å². The second-order valence-electron chi connectivity index (χ2n) is 9.30. The van der Waals surface area contributed by atoms with Crippen molar-refractivity contribution in [3.63, 3.8) is 0 Å². The van der Waals surface area contributed by atoms with Crippen molar-refractivity contribution in [3.05, 3.63) is 47.0 Å². The maximum Gasteiger partial charge on any atom is 0.409 e. The minimum Gasteiger partial charge on any atom is -0.494 e. The molecule has 0 radical (unpaired) electrons. The molecule has 1 aliphatic heterocycles. The van der Waals surface area contributed by atoms with E-state index in [9.17, 15) is 18.0 Å². The highest BCUT2D eigenvalue weighted by Crippen LogP contribution is 2.39. The highest BCUT2D eigenvalue weighted by molar-refractivity contribution is 7.89. The summed E-state index contributed by atoms with van der Waals surface area (Å²) < 4.78 is 39.0. The zero-order valence-electron chi connectivity index (χ0n) is 22.8. The summed E-state index contributed by atoms with van der Waals surface area (Å²) >= 11 is 7.70. The van der Waals surface area contributed by atoms with E-state index in [-0.39, 0.29) is 43.6 Å². The molecule has 0 spiro atoms. The number of carbonyl (C=O) groups excluding carboxylic acids is 2. The molecule has 1 aromatic heterocycles. The maximum atomic E-state index is 13.7. The molecular formula is C26H32ClN5O6S2. The van der Waals surface area contributed by atoms with Crippen molar-refractivity contribution in [2.75, 3.05) is 72.0 Å². The average molecular weight is 610 g/mol. The third-order valence-electron chi connectivity index (χ3n) is 6.42. The van der Waals surface area contributed by atoms with Gasteiger partial charge >= 0.3 is 6.09 Å². The molecule has 0 bridgehead atoms. The Kier molecular flexibility index (Phi) is 9.52. The van der Waals surface area contributed by atoms with Crippen molar-refractivity contribution in [2.45, 2.75) is 11.8 Å². The van der Waals surface area contributed by atoms with Crippen molar-refractivity contribution in [3.8, 4) is 5.75 Å². The summed E-state index contributed by atoms with van der Waals surface area (Å²) in [4.78, 5) is 35.4. The molecule has 2 amide bonds. The molecule has 1 fully saturated rings. The van der Waals surface area contributed by atoms with Crippen LogP contribution in [0.15, 0.2) is 41.3 Å². The number of rotatable bonds is 9. The van der Waals surface area contributed by atoms with Crippen LogP contribution >= 0.6 is 22.9 Å². The van der Waals surface area contributed by atoms with Gasteiger partial charge in [-0.15, -0.1) is 0 Å². The molecule has 3 aromatic rings. The number of methoxy groups -OCH3 is 1. The third-order valence-corrected chi connectivity index (χ3v) is 9.87. The van der Waals surface area contributed by atoms with Crippen LogP contribution in [0.1, 0.15) is 17.3 Å². The van der Waals surface area contributed by atoms with Crippen LogP contribution in [0, 0.1) is 0 Å². The van der Waals surface area contributed by atoms with Gasteiger partial charge in [-0.05, 0) is 57.4 Å². The van der Waals surface area contributed by atoms with E-state index in [1.165, 1.54) is 44.8 Å². The van der Waals surface area contributed by atoms with Gasteiger partial charge in [0.15, 0.2) is 5.13 Å². The normalized spacial score (nSPS) is 14.5. The van der Waals surface area contributed by atoms with Crippen LogP contribution < -0.4 is 9.64 Å². The number of likely N-dealkylation sites (N-methyl/N-ethyl adjacent to an activating group) is 1. The van der Waals surface area contributed by atoms with Gasteiger partial charge in [0, 0.05) is 44.8 Å². The van der Waals surface area contributed by atoms with Gasteiger partial charge in [0.25, 0.3) is 5.91 Å². The lowest BCUT2D eigenvalue weighted by Gasteiger charge is -2.33. The number of thiazole rings is 1. The Morgan fingerprint density at radius 3 is 2.33 bits per heavy atom. The Labute approximate surface area is 242 Å². The van der Waals surface area contributed by atoms with Gasteiger partial charge < -0.3 is 19.3 Å². The Morgan fingerprint density at radius 2 is 1.73 bits per heavy atom. The molecule has 11 nitrogen and oxygen atoms in total. The van der Waals surface area contributed by atoms with Crippen LogP contribution in [-0.4, -0.2) is 107 Å². The predicted octanol–water partition coefficient (Wildman–Crippen LogP) is 3.63. The van der Waals surface area contributed by atoms with Crippen molar-refractivity contribution in [1.29, 1.82) is 0 Å². The van der Waals surface area contributed by atoms with E-state index < -0.39 is 16.1 Å². The van der Waals surface area contributed by atoms with Crippen molar-refractivity contribution < 1.29 is 27.5 Å². The molecule has 40 heavy (non-hydrogen) atoms. The van der Waals surface area contributed by atoms with Crippen LogP contribution in [0.2, 0.25) is 5.02 Å². The van der Waals surface area contributed by atoms with Gasteiger partial charge in [0.1, 0.15) is 11.3 Å². The summed E-state index contributed by atoms with van der Waals surface area (Å²) in [5.41, 5.74) is 0.893. The SMILES string of the molecule is CCOC(=O)N1CCN(S(=O)(=O)c2ccc(C(=O)N(CCN(C)C)c3nc4c(OC)ccc(Cl)c4s3)cc2)CC1. The predicted molar refractivity (Wildman–Crippen MR) is 155 cm³/mol. The number of halogens is 1. The molecule has 14 heteroatoms. The second kappa shape index (κ2) is 12.7. The van der Waals surface area contributed by atoms with Crippen LogP contribution in [0.5, 0.6) is 5.75 Å². The smallest absolute Gasteiger partial charge is 0.409 e. The number of carbonyl (C=O) groups is 2. The number of hydrogen-bond donors (Lipinski definition) is 0. The molecule has 0 atom stereocenters. The molecule has 2 heterocycles. The highest BCUT2D eigenvalue weighted by atomic mass is 35.5. The number of fused-ring (bicyclic) bond motifs is 1. The number of hydrogen-bond acceptors (Lipinski definition) is 9. The van der Waals surface area contributed by atoms with Gasteiger partial charge in [-0.1, -0.05) is 22.9 Å². The van der Waals surface area contributed by atoms with Crippen LogP contribution in [0.3, 0.4) is 0 Å². The molecule has 0 unspecified atom stereocenters. The van der Waals surface area contributed by atoms with Gasteiger partial charge in [0.2, 0.25) is 10.0 Å². The lowest BCUT2D eigenvalue weighted by atomic mass is 10.2. The highest BCUT2D eigenvalue weighted by Gasteiger charge is 2.31. The maximum absolute atomic E-state index is 13.7. The van der Waals surface area contributed by atoms with Crippen LogP contribution in [-0.2, 0) is 14.8 Å². The fraction of sp³-hybridized carbons (Fsp3) is 0.423. The number of aromatic nitrogens is 1. The first kappa shape index (κ1) is 30.0. The first-order chi connectivity index (χ1) is 19.1. The molecule has 0 aliphatic carbocycles. The fourth-order valence-corrected chi connectivity index (χ4v) is 6.91. The third kappa shape index (κ3) is 6.33. The van der Waals surface area contributed by atoms with Gasteiger partial charge in [0.05, 0.1) is 28.3 Å². The molecule has 2 aromatic carbocycles. The summed E-state index contributed by atoms with van der Waals surface area (Å²) in [7, 11) is 1.56. The Hall–Kier alpha value is -2.97. The van der Waals surface area contributed by atoms with Gasteiger partial charge in [-0.2, -0.15) is 4.31 Å². The zero-order valence-corrected chi connectivity index (χ0v) is 25.2. The second-order valence-corrected chi connectivity index (χ2v) is 12.6. The molecular weight excluding hydrogens is 578 g/mol. The Balaban J connectivity index is 1.56. The minimum absolute atomic E-state index is 0.0741. The van der Waals surface area contributed by atoms with Crippen molar-refractivity contribution in [2.24, 2.45) is 0 Å². The van der Waals surface area contributed by atoms with E-state index in [4.69, 9.17) is 21.1 Å². The number of anilines is 1. The fourth-order valence-electron chi connectivity index (χ4n) is 4.21. The lowest BCUT2D eigenvalue weighted by molar-refractivity contribution is 0.0933. The number of nitrogens with zero attached hydrogens (tertiary/aromatic N) is 5. The van der Waals surface area contributed by atoms with Crippen molar-refractivity contribution >= 4 is 60.3 Å². The minimum atomic E-state index is -3.81. The number of ether oxygens (including phenoxy) is 2. The van der Waals surface area contributed by atoms with Crippen LogP contribution in [0.25, 0.3) is 10.2 Å². The Bertz CT molecular complexity index is 1470. The lowest BCUT2D eigenvalue weighted by Crippen LogP contribution is -2.50. The van der Waals surface area contributed by atoms with E-state index in [2.05, 4.69) is 4.98 Å². The molecule has 0 N–H and O–H groups in total.